The van der Waals surface area contributed by atoms with Gasteiger partial charge in [-0.1, -0.05) is 23.7 Å². The summed E-state index contributed by atoms with van der Waals surface area (Å²) in [4.78, 5) is 4.20. The van der Waals surface area contributed by atoms with Gasteiger partial charge in [0.25, 0.3) is 0 Å². The lowest BCUT2D eigenvalue weighted by Crippen LogP contribution is -2.25. The first-order valence-corrected chi connectivity index (χ1v) is 5.90. The smallest absolute Gasteiger partial charge is 0.138 e. The Morgan fingerprint density at radius 1 is 1.26 bits per heavy atom. The van der Waals surface area contributed by atoms with E-state index >= 15 is 0 Å². The fourth-order valence-electron chi connectivity index (χ4n) is 1.62. The van der Waals surface area contributed by atoms with E-state index in [0.29, 0.717) is 22.0 Å². The molecule has 92 valence electrons. The van der Waals surface area contributed by atoms with Crippen LogP contribution in [0.2, 0.25) is 5.02 Å². The van der Waals surface area contributed by atoms with E-state index in [2.05, 4.69) is 4.98 Å². The number of nitrogens with zero attached hydrogens (tertiary/aromatic N) is 1. The Labute approximate surface area is 119 Å². The molecule has 2 aromatic rings. The average Bonchev–Trinajstić information content (AvgIpc) is 2.38. The second-order valence-electron chi connectivity index (χ2n) is 4.11. The standard InChI is InChI=1S/C13H10B2ClNO2/c1-19-12-6-8(2-4-10(12)16)11-5-3-9(7-17-11)13(14,15)18/h2-7,18H,1H3. The number of aromatic nitrogens is 1. The number of pyridine rings is 1. The predicted molar refractivity (Wildman–Crippen MR) is 76.6 cm³/mol. The van der Waals surface area contributed by atoms with Crippen molar-refractivity contribution < 1.29 is 9.84 Å². The van der Waals surface area contributed by atoms with Gasteiger partial charge in [0.2, 0.25) is 0 Å². The van der Waals surface area contributed by atoms with Gasteiger partial charge >= 0.3 is 0 Å². The lowest BCUT2D eigenvalue weighted by Gasteiger charge is -2.18. The third-order valence-electron chi connectivity index (χ3n) is 2.67. The number of benzene rings is 1. The molecule has 0 aliphatic rings. The fraction of sp³-hybridized carbons (Fsp3) is 0.154. The maximum Gasteiger partial charge on any atom is 0.138 e. The second-order valence-corrected chi connectivity index (χ2v) is 4.51. The molecule has 0 atom stereocenters. The lowest BCUT2D eigenvalue weighted by atomic mass is 9.62. The molecule has 0 saturated carbocycles. The van der Waals surface area contributed by atoms with E-state index in [-0.39, 0.29) is 0 Å². The van der Waals surface area contributed by atoms with Crippen molar-refractivity contribution in [3.63, 3.8) is 0 Å². The highest BCUT2D eigenvalue weighted by Crippen LogP contribution is 2.29. The molecule has 6 heteroatoms. The minimum Gasteiger partial charge on any atom is -0.495 e. The van der Waals surface area contributed by atoms with Crippen LogP contribution in [0.25, 0.3) is 11.3 Å². The molecule has 1 aromatic heterocycles. The Morgan fingerprint density at radius 2 is 2.00 bits per heavy atom. The highest BCUT2D eigenvalue weighted by Gasteiger charge is 2.15. The summed E-state index contributed by atoms with van der Waals surface area (Å²) in [7, 11) is 12.3. The zero-order valence-corrected chi connectivity index (χ0v) is 11.1. The van der Waals surface area contributed by atoms with Crippen LogP contribution in [-0.4, -0.2) is 32.9 Å². The quantitative estimate of drug-likeness (QED) is 0.865. The fourth-order valence-corrected chi connectivity index (χ4v) is 1.82. The molecule has 0 bridgehead atoms. The summed E-state index contributed by atoms with van der Waals surface area (Å²) in [5.74, 6) is 0.569. The number of aliphatic hydroxyl groups is 1. The van der Waals surface area contributed by atoms with E-state index in [1.807, 2.05) is 6.07 Å². The summed E-state index contributed by atoms with van der Waals surface area (Å²) in [5, 5.41) is 8.09. The van der Waals surface area contributed by atoms with Crippen LogP contribution >= 0.6 is 11.6 Å². The summed E-state index contributed by atoms with van der Waals surface area (Å²) < 4.78 is 5.15. The maximum atomic E-state index is 9.45. The molecular weight excluding hydrogens is 259 g/mol. The number of halogens is 1. The second kappa shape index (κ2) is 5.27. The molecule has 1 heterocycles. The van der Waals surface area contributed by atoms with Gasteiger partial charge in [0.15, 0.2) is 0 Å². The molecule has 1 aromatic carbocycles. The molecular formula is C13H10B2ClNO2. The van der Waals surface area contributed by atoms with Crippen molar-refractivity contribution in [1.82, 2.24) is 4.98 Å². The van der Waals surface area contributed by atoms with Gasteiger partial charge in [-0.3, -0.25) is 4.98 Å². The van der Waals surface area contributed by atoms with Crippen LogP contribution in [0.3, 0.4) is 0 Å². The van der Waals surface area contributed by atoms with Crippen molar-refractivity contribution in [2.24, 2.45) is 0 Å². The molecule has 4 radical (unpaired) electrons. The Kier molecular flexibility index (Phi) is 3.88. The van der Waals surface area contributed by atoms with E-state index in [4.69, 9.17) is 32.0 Å². The zero-order chi connectivity index (χ0) is 14.0. The van der Waals surface area contributed by atoms with E-state index in [1.54, 1.807) is 31.4 Å². The molecule has 0 spiro atoms. The molecule has 2 rings (SSSR count). The lowest BCUT2D eigenvalue weighted by molar-refractivity contribution is 0.216. The van der Waals surface area contributed by atoms with Crippen molar-refractivity contribution >= 4 is 27.3 Å². The topological polar surface area (TPSA) is 42.4 Å². The molecule has 0 amide bonds. The van der Waals surface area contributed by atoms with E-state index < -0.39 is 5.40 Å². The molecule has 0 aliphatic heterocycles. The van der Waals surface area contributed by atoms with Crippen LogP contribution < -0.4 is 4.74 Å². The first-order valence-electron chi connectivity index (χ1n) is 5.52. The maximum absolute atomic E-state index is 9.45. The number of hydrogen-bond acceptors (Lipinski definition) is 3. The molecule has 0 aliphatic carbocycles. The number of methoxy groups -OCH3 is 1. The van der Waals surface area contributed by atoms with Gasteiger partial charge < -0.3 is 9.84 Å². The van der Waals surface area contributed by atoms with Crippen LogP contribution in [0.15, 0.2) is 36.5 Å². The highest BCUT2D eigenvalue weighted by atomic mass is 35.5. The Balaban J connectivity index is 2.37. The monoisotopic (exact) mass is 269 g/mol. The van der Waals surface area contributed by atoms with E-state index in [9.17, 15) is 5.11 Å². The Bertz CT molecular complexity index is 582. The molecule has 0 saturated heterocycles. The largest absolute Gasteiger partial charge is 0.495 e. The van der Waals surface area contributed by atoms with Gasteiger partial charge in [0, 0.05) is 17.2 Å². The SMILES string of the molecule is [B]C([B])(O)c1ccc(-c2ccc(Cl)c(OC)c2)nc1. The number of ether oxygens (including phenoxy) is 1. The van der Waals surface area contributed by atoms with Crippen molar-refractivity contribution in [2.75, 3.05) is 7.11 Å². The van der Waals surface area contributed by atoms with E-state index in [1.165, 1.54) is 6.20 Å². The van der Waals surface area contributed by atoms with Crippen LogP contribution in [0.1, 0.15) is 5.56 Å². The van der Waals surface area contributed by atoms with Crippen molar-refractivity contribution in [1.29, 1.82) is 0 Å². The third kappa shape index (κ3) is 3.11. The number of hydrogen-bond donors (Lipinski definition) is 1. The summed E-state index contributed by atoms with van der Waals surface area (Å²) in [6.45, 7) is 0. The number of rotatable bonds is 3. The third-order valence-corrected chi connectivity index (χ3v) is 2.99. The van der Waals surface area contributed by atoms with Crippen LogP contribution in [-0.2, 0) is 5.40 Å². The van der Waals surface area contributed by atoms with Gasteiger partial charge in [0.1, 0.15) is 21.4 Å². The summed E-state index contributed by atoms with van der Waals surface area (Å²) in [6, 6.07) is 8.66. The van der Waals surface area contributed by atoms with Gasteiger partial charge in [-0.2, -0.15) is 0 Å². The summed E-state index contributed by atoms with van der Waals surface area (Å²) in [5.41, 5.74) is 1.87. The van der Waals surface area contributed by atoms with Crippen molar-refractivity contribution in [3.8, 4) is 17.0 Å². The predicted octanol–water partition coefficient (Wildman–Crippen LogP) is 1.85. The van der Waals surface area contributed by atoms with Crippen LogP contribution in [0.4, 0.5) is 0 Å². The molecule has 0 fully saturated rings. The van der Waals surface area contributed by atoms with Crippen molar-refractivity contribution in [2.45, 2.75) is 5.40 Å². The first kappa shape index (κ1) is 14.0. The summed E-state index contributed by atoms with van der Waals surface area (Å²) >= 11 is 5.96. The van der Waals surface area contributed by atoms with Gasteiger partial charge in [0.05, 0.1) is 17.8 Å². The molecule has 19 heavy (non-hydrogen) atoms. The molecule has 1 N–H and O–H groups in total. The van der Waals surface area contributed by atoms with Crippen LogP contribution in [0, 0.1) is 0 Å². The summed E-state index contributed by atoms with van der Waals surface area (Å²) in [6.07, 6.45) is 1.43. The Hall–Kier alpha value is -1.45. The van der Waals surface area contributed by atoms with Gasteiger partial charge in [-0.05, 0) is 23.8 Å². The van der Waals surface area contributed by atoms with Gasteiger partial charge in [-0.25, -0.2) is 0 Å². The van der Waals surface area contributed by atoms with Crippen LogP contribution in [0.5, 0.6) is 5.75 Å². The minimum absolute atomic E-state index is 0.331. The molecule has 3 nitrogen and oxygen atoms in total. The van der Waals surface area contributed by atoms with Crippen molar-refractivity contribution in [3.05, 3.63) is 47.1 Å². The van der Waals surface area contributed by atoms with E-state index in [0.717, 1.165) is 5.56 Å². The zero-order valence-electron chi connectivity index (χ0n) is 10.3. The first-order chi connectivity index (χ1) is 8.91. The average molecular weight is 269 g/mol. The normalized spacial score (nSPS) is 11.3. The minimum atomic E-state index is -1.89. The molecule has 0 unspecified atom stereocenters. The van der Waals surface area contributed by atoms with Gasteiger partial charge in [-0.15, -0.1) is 0 Å². The Morgan fingerprint density at radius 3 is 2.53 bits per heavy atom. The highest BCUT2D eigenvalue weighted by molar-refractivity contribution is 6.38.